The quantitative estimate of drug-likeness (QED) is 0.483. The predicted molar refractivity (Wildman–Crippen MR) is 110 cm³/mol. The SMILES string of the molecule is COc1cccn2nc([C@@H]3c4ncn(F)c4CCN3C(=O)c3nnc(C(C)(C)C)o3)cc12. The minimum atomic E-state index is -0.724. The molecule has 0 bridgehead atoms. The number of halogens is 1. The van der Waals surface area contributed by atoms with Gasteiger partial charge in [0.1, 0.15) is 23.6 Å². The summed E-state index contributed by atoms with van der Waals surface area (Å²) in [4.78, 5) is 19.7. The Kier molecular flexibility index (Phi) is 4.50. The number of nitrogens with zero attached hydrogens (tertiary/aromatic N) is 7. The average molecular weight is 439 g/mol. The fraction of sp³-hybridized carbons (Fsp3) is 0.381. The van der Waals surface area contributed by atoms with E-state index in [1.807, 2.05) is 32.9 Å². The van der Waals surface area contributed by atoms with Gasteiger partial charge in [-0.25, -0.2) is 9.50 Å². The summed E-state index contributed by atoms with van der Waals surface area (Å²) in [5.41, 5.74) is 1.68. The Hall–Kier alpha value is -3.76. The maximum absolute atomic E-state index is 14.3. The molecule has 0 aliphatic carbocycles. The normalized spacial score (nSPS) is 16.4. The first kappa shape index (κ1) is 20.2. The standard InChI is InChI=1S/C21H22FN7O3/c1-21(2,3)20-25-24-18(32-20)19(30)27-9-7-13-16(23-11-28(13)22)17(27)12-10-14-15(31-4)6-5-8-29(14)26-12/h5-6,8,10-11,17H,7,9H2,1-4H3/t17-/m1/s1. The number of ether oxygens (including phenoxy) is 1. The first-order valence-electron chi connectivity index (χ1n) is 10.2. The molecular formula is C21H22FN7O3. The fourth-order valence-corrected chi connectivity index (χ4v) is 3.90. The van der Waals surface area contributed by atoms with Crippen molar-refractivity contribution in [1.82, 2.24) is 34.5 Å². The van der Waals surface area contributed by atoms with Crippen LogP contribution >= 0.6 is 0 Å². The molecule has 0 fully saturated rings. The molecule has 1 aliphatic rings. The number of hydrogen-bond donors (Lipinski definition) is 0. The Balaban J connectivity index is 1.61. The molecule has 0 aromatic carbocycles. The van der Waals surface area contributed by atoms with E-state index in [0.717, 1.165) is 11.8 Å². The lowest BCUT2D eigenvalue weighted by molar-refractivity contribution is 0.0638. The second-order valence-electron chi connectivity index (χ2n) is 8.68. The van der Waals surface area contributed by atoms with Crippen LogP contribution in [0.1, 0.15) is 60.5 Å². The molecular weight excluding hydrogens is 417 g/mol. The molecule has 166 valence electrons. The van der Waals surface area contributed by atoms with Crippen molar-refractivity contribution in [3.05, 3.63) is 59.6 Å². The van der Waals surface area contributed by atoms with Crippen molar-refractivity contribution < 1.29 is 18.4 Å². The van der Waals surface area contributed by atoms with Crippen molar-refractivity contribution in [2.24, 2.45) is 0 Å². The maximum Gasteiger partial charge on any atom is 0.312 e. The van der Waals surface area contributed by atoms with Crippen LogP contribution < -0.4 is 4.74 Å². The van der Waals surface area contributed by atoms with E-state index in [-0.39, 0.29) is 12.4 Å². The van der Waals surface area contributed by atoms with Crippen molar-refractivity contribution >= 4 is 11.4 Å². The highest BCUT2D eigenvalue weighted by atomic mass is 19.2. The van der Waals surface area contributed by atoms with Crippen molar-refractivity contribution in [3.63, 3.8) is 0 Å². The van der Waals surface area contributed by atoms with Crippen LogP contribution in [-0.4, -0.2) is 54.0 Å². The molecule has 4 aromatic rings. The lowest BCUT2D eigenvalue weighted by atomic mass is 9.97. The predicted octanol–water partition coefficient (Wildman–Crippen LogP) is 2.74. The largest absolute Gasteiger partial charge is 0.494 e. The highest BCUT2D eigenvalue weighted by Crippen LogP contribution is 2.36. The lowest BCUT2D eigenvalue weighted by Gasteiger charge is -2.32. The average Bonchev–Trinajstić information content (AvgIpc) is 3.50. The van der Waals surface area contributed by atoms with E-state index in [1.54, 1.807) is 28.8 Å². The second kappa shape index (κ2) is 7.14. The zero-order chi connectivity index (χ0) is 22.6. The zero-order valence-electron chi connectivity index (χ0n) is 18.1. The number of rotatable bonds is 3. The number of methoxy groups -OCH3 is 1. The summed E-state index contributed by atoms with van der Waals surface area (Å²) in [6.07, 6.45) is 3.18. The van der Waals surface area contributed by atoms with E-state index in [2.05, 4.69) is 20.3 Å². The summed E-state index contributed by atoms with van der Waals surface area (Å²) < 4.78 is 27.1. The Morgan fingerprint density at radius 1 is 1.31 bits per heavy atom. The van der Waals surface area contributed by atoms with Crippen LogP contribution in [0.25, 0.3) is 5.52 Å². The monoisotopic (exact) mass is 439 g/mol. The minimum absolute atomic E-state index is 0.121. The van der Waals surface area contributed by atoms with E-state index in [0.29, 0.717) is 39.9 Å². The molecule has 11 heteroatoms. The van der Waals surface area contributed by atoms with Gasteiger partial charge < -0.3 is 14.1 Å². The number of hydrogen-bond acceptors (Lipinski definition) is 7. The summed E-state index contributed by atoms with van der Waals surface area (Å²) in [5, 5.41) is 12.6. The molecule has 0 spiro atoms. The highest BCUT2D eigenvalue weighted by molar-refractivity contribution is 5.90. The van der Waals surface area contributed by atoms with Gasteiger partial charge in [-0.3, -0.25) is 4.79 Å². The van der Waals surface area contributed by atoms with Crippen LogP contribution in [0.4, 0.5) is 4.48 Å². The molecule has 1 aliphatic heterocycles. The lowest BCUT2D eigenvalue weighted by Crippen LogP contribution is -2.41. The molecule has 0 radical (unpaired) electrons. The van der Waals surface area contributed by atoms with Crippen molar-refractivity contribution in [2.45, 2.75) is 38.6 Å². The first-order valence-corrected chi connectivity index (χ1v) is 10.2. The molecule has 0 saturated heterocycles. The topological polar surface area (TPSA) is 104 Å². The third-order valence-corrected chi connectivity index (χ3v) is 5.50. The van der Waals surface area contributed by atoms with Crippen LogP contribution in [0.5, 0.6) is 5.75 Å². The van der Waals surface area contributed by atoms with E-state index in [4.69, 9.17) is 9.15 Å². The van der Waals surface area contributed by atoms with Gasteiger partial charge in [0.05, 0.1) is 24.2 Å². The number of aromatic nitrogens is 6. The van der Waals surface area contributed by atoms with Crippen molar-refractivity contribution in [1.29, 1.82) is 0 Å². The molecule has 5 rings (SSSR count). The summed E-state index contributed by atoms with van der Waals surface area (Å²) in [6.45, 7) is 6.00. The van der Waals surface area contributed by atoms with Gasteiger partial charge in [-0.05, 0) is 18.2 Å². The molecule has 0 N–H and O–H groups in total. The van der Waals surface area contributed by atoms with Gasteiger partial charge in [0.25, 0.3) is 0 Å². The van der Waals surface area contributed by atoms with Gasteiger partial charge in [-0.1, -0.05) is 25.3 Å². The Morgan fingerprint density at radius 2 is 2.12 bits per heavy atom. The molecule has 1 amide bonds. The molecule has 5 heterocycles. The van der Waals surface area contributed by atoms with Crippen LogP contribution in [0.3, 0.4) is 0 Å². The molecule has 0 unspecified atom stereocenters. The van der Waals surface area contributed by atoms with Crippen LogP contribution in [0.2, 0.25) is 0 Å². The smallest absolute Gasteiger partial charge is 0.312 e. The summed E-state index contributed by atoms with van der Waals surface area (Å²) in [6, 6.07) is 4.71. The van der Waals surface area contributed by atoms with Crippen LogP contribution in [0.15, 0.2) is 35.1 Å². The summed E-state index contributed by atoms with van der Waals surface area (Å²) in [5.74, 6) is 0.411. The number of amides is 1. The molecule has 10 nitrogen and oxygen atoms in total. The van der Waals surface area contributed by atoms with E-state index in [1.165, 1.54) is 0 Å². The number of imidazole rings is 1. The number of pyridine rings is 1. The van der Waals surface area contributed by atoms with Crippen LogP contribution in [0, 0.1) is 0 Å². The van der Waals surface area contributed by atoms with E-state index in [9.17, 15) is 9.28 Å². The van der Waals surface area contributed by atoms with Gasteiger partial charge in [0.2, 0.25) is 5.89 Å². The third-order valence-electron chi connectivity index (χ3n) is 5.50. The van der Waals surface area contributed by atoms with Gasteiger partial charge in [-0.2, -0.15) is 9.89 Å². The molecule has 1 atom stereocenters. The number of carbonyl (C=O) groups excluding carboxylic acids is 1. The third kappa shape index (κ3) is 3.12. The van der Waals surface area contributed by atoms with Crippen molar-refractivity contribution in [3.8, 4) is 5.75 Å². The number of fused-ring (bicyclic) bond motifs is 2. The van der Waals surface area contributed by atoms with Crippen LogP contribution in [-0.2, 0) is 11.8 Å². The molecule has 0 saturated carbocycles. The Labute approximate surface area is 182 Å². The second-order valence-corrected chi connectivity index (χ2v) is 8.68. The van der Waals surface area contributed by atoms with E-state index >= 15 is 0 Å². The maximum atomic E-state index is 14.3. The Morgan fingerprint density at radius 3 is 2.84 bits per heavy atom. The number of carbonyl (C=O) groups is 1. The van der Waals surface area contributed by atoms with Gasteiger partial charge >= 0.3 is 11.8 Å². The summed E-state index contributed by atoms with van der Waals surface area (Å²) in [7, 11) is 1.57. The van der Waals surface area contributed by atoms with Crippen molar-refractivity contribution in [2.75, 3.05) is 13.7 Å². The van der Waals surface area contributed by atoms with E-state index < -0.39 is 17.4 Å². The first-order chi connectivity index (χ1) is 15.3. The van der Waals surface area contributed by atoms with Gasteiger partial charge in [0.15, 0.2) is 0 Å². The highest BCUT2D eigenvalue weighted by Gasteiger charge is 2.39. The minimum Gasteiger partial charge on any atom is -0.494 e. The Bertz CT molecular complexity index is 1320. The molecule has 32 heavy (non-hydrogen) atoms. The van der Waals surface area contributed by atoms with Gasteiger partial charge in [-0.15, -0.1) is 10.2 Å². The summed E-state index contributed by atoms with van der Waals surface area (Å²) >= 11 is 0. The zero-order valence-corrected chi connectivity index (χ0v) is 18.1. The van der Waals surface area contributed by atoms with Gasteiger partial charge in [0, 0.05) is 24.6 Å². The molecule has 4 aromatic heterocycles. The fourth-order valence-electron chi connectivity index (χ4n) is 3.90.